The zero-order chi connectivity index (χ0) is 17.1. The molecule has 0 aliphatic carbocycles. The highest BCUT2D eigenvalue weighted by Crippen LogP contribution is 2.37. The van der Waals surface area contributed by atoms with E-state index in [0.29, 0.717) is 16.3 Å². The first-order valence-electron chi connectivity index (χ1n) is 6.16. The Kier molecular flexibility index (Phi) is 5.70. The molecular weight excluding hydrogens is 384 g/mol. The number of anilines is 1. The van der Waals surface area contributed by atoms with Crippen LogP contribution in [-0.4, -0.2) is 21.8 Å². The lowest BCUT2D eigenvalue weighted by Crippen LogP contribution is -2.06. The Bertz CT molecular complexity index is 809. The molecule has 1 aromatic carbocycles. The quantitative estimate of drug-likeness (QED) is 0.424. The van der Waals surface area contributed by atoms with Crippen LogP contribution in [0.5, 0.6) is 0 Å². The highest BCUT2D eigenvalue weighted by Gasteiger charge is 2.20. The Morgan fingerprint density at radius 3 is 2.43 bits per heavy atom. The van der Waals surface area contributed by atoms with Crippen molar-refractivity contribution in [2.45, 2.75) is 6.92 Å². The predicted octanol–water partition coefficient (Wildman–Crippen LogP) is 5.23. The van der Waals surface area contributed by atoms with Gasteiger partial charge in [0.15, 0.2) is 10.8 Å². The van der Waals surface area contributed by atoms with Crippen molar-refractivity contribution in [1.29, 1.82) is 0 Å². The van der Waals surface area contributed by atoms with Crippen LogP contribution >= 0.6 is 46.4 Å². The van der Waals surface area contributed by atoms with Gasteiger partial charge in [-0.25, -0.2) is 9.78 Å². The van der Waals surface area contributed by atoms with Crippen molar-refractivity contribution in [3.05, 3.63) is 55.7 Å². The van der Waals surface area contributed by atoms with Crippen molar-refractivity contribution in [3.8, 4) is 0 Å². The predicted molar refractivity (Wildman–Crippen MR) is 93.5 cm³/mol. The van der Waals surface area contributed by atoms with E-state index in [1.165, 1.54) is 0 Å². The first kappa shape index (κ1) is 17.8. The van der Waals surface area contributed by atoms with Crippen LogP contribution in [0.1, 0.15) is 23.0 Å². The lowest BCUT2D eigenvalue weighted by atomic mass is 10.1. The molecule has 2 N–H and O–H groups in total. The maximum atomic E-state index is 11.1. The summed E-state index contributed by atoms with van der Waals surface area (Å²) in [6, 6.07) is 7.12. The molecule has 0 aliphatic rings. The molecule has 0 spiro atoms. The number of hydrazone groups is 1. The molecule has 1 aromatic heterocycles. The third-order valence-electron chi connectivity index (χ3n) is 2.84. The summed E-state index contributed by atoms with van der Waals surface area (Å²) in [5, 5.41) is 13.3. The first-order chi connectivity index (χ1) is 10.8. The van der Waals surface area contributed by atoms with E-state index in [1.54, 1.807) is 25.1 Å². The third kappa shape index (κ3) is 3.87. The Balaban J connectivity index is 2.43. The minimum Gasteiger partial charge on any atom is -0.476 e. The van der Waals surface area contributed by atoms with Crippen LogP contribution in [0.15, 0.2) is 29.4 Å². The molecule has 2 aromatic rings. The van der Waals surface area contributed by atoms with Gasteiger partial charge in [-0.3, -0.25) is 5.43 Å². The minimum absolute atomic E-state index is 0.0302. The van der Waals surface area contributed by atoms with Gasteiger partial charge in [0, 0.05) is 10.6 Å². The van der Waals surface area contributed by atoms with Gasteiger partial charge < -0.3 is 5.11 Å². The van der Waals surface area contributed by atoms with E-state index in [4.69, 9.17) is 51.5 Å². The number of aromatic carboxylic acids is 1. The first-order valence-corrected chi connectivity index (χ1v) is 7.67. The lowest BCUT2D eigenvalue weighted by molar-refractivity contribution is 0.0691. The number of halogens is 4. The van der Waals surface area contributed by atoms with E-state index >= 15 is 0 Å². The number of nitrogens with zero attached hydrogens (tertiary/aromatic N) is 2. The summed E-state index contributed by atoms with van der Waals surface area (Å²) in [4.78, 5) is 14.7. The number of carbonyl (C=O) groups is 1. The molecule has 120 valence electrons. The van der Waals surface area contributed by atoms with Crippen molar-refractivity contribution >= 4 is 63.8 Å². The number of carboxylic acids is 1. The van der Waals surface area contributed by atoms with E-state index in [2.05, 4.69) is 15.5 Å². The second-order valence-electron chi connectivity index (χ2n) is 4.35. The molecule has 2 rings (SSSR count). The van der Waals surface area contributed by atoms with E-state index in [0.717, 1.165) is 0 Å². The number of aromatic nitrogens is 1. The molecule has 0 amide bonds. The number of hydrogen-bond donors (Lipinski definition) is 2. The summed E-state index contributed by atoms with van der Waals surface area (Å²) in [5.74, 6) is -1.33. The summed E-state index contributed by atoms with van der Waals surface area (Å²) in [6.07, 6.45) is 0. The minimum atomic E-state index is -1.33. The summed E-state index contributed by atoms with van der Waals surface area (Å²) in [6.45, 7) is 1.72. The fourth-order valence-corrected chi connectivity index (χ4v) is 2.65. The molecule has 23 heavy (non-hydrogen) atoms. The van der Waals surface area contributed by atoms with E-state index in [1.807, 2.05) is 6.07 Å². The zero-order valence-corrected chi connectivity index (χ0v) is 14.6. The van der Waals surface area contributed by atoms with E-state index in [-0.39, 0.29) is 20.9 Å². The smallest absolute Gasteiger partial charge is 0.356 e. The number of benzene rings is 1. The van der Waals surface area contributed by atoms with E-state index in [9.17, 15) is 4.79 Å². The van der Waals surface area contributed by atoms with Crippen LogP contribution in [0.3, 0.4) is 0 Å². The van der Waals surface area contributed by atoms with Crippen molar-refractivity contribution in [3.63, 3.8) is 0 Å². The van der Waals surface area contributed by atoms with Gasteiger partial charge in [-0.05, 0) is 13.0 Å². The normalized spacial score (nSPS) is 11.4. The molecular formula is C14H9Cl4N3O2. The molecule has 9 heteroatoms. The van der Waals surface area contributed by atoms with Crippen LogP contribution in [0.25, 0.3) is 0 Å². The van der Waals surface area contributed by atoms with Crippen LogP contribution in [0.4, 0.5) is 5.69 Å². The highest BCUT2D eigenvalue weighted by atomic mass is 35.5. The average molecular weight is 393 g/mol. The monoisotopic (exact) mass is 391 g/mol. The number of rotatable bonds is 4. The molecule has 0 saturated carbocycles. The summed E-state index contributed by atoms with van der Waals surface area (Å²) in [5.41, 5.74) is 3.50. The Labute approximate surface area is 151 Å². The third-order valence-corrected chi connectivity index (χ3v) is 4.28. The molecule has 0 aliphatic heterocycles. The summed E-state index contributed by atoms with van der Waals surface area (Å²) < 4.78 is 0. The molecule has 0 radical (unpaired) electrons. The van der Waals surface area contributed by atoms with Gasteiger partial charge in [0.1, 0.15) is 10.0 Å². The topological polar surface area (TPSA) is 74.6 Å². The SMILES string of the molecule is C/C(=N/Nc1c(Cl)c(Cl)nc(C(=O)O)c1Cl)c1ccccc1Cl. The maximum Gasteiger partial charge on any atom is 0.356 e. The Morgan fingerprint density at radius 1 is 1.17 bits per heavy atom. The zero-order valence-electron chi connectivity index (χ0n) is 11.6. The highest BCUT2D eigenvalue weighted by molar-refractivity contribution is 6.46. The van der Waals surface area contributed by atoms with Gasteiger partial charge >= 0.3 is 5.97 Å². The van der Waals surface area contributed by atoms with Crippen molar-refractivity contribution in [1.82, 2.24) is 4.98 Å². The second-order valence-corrected chi connectivity index (χ2v) is 5.87. The fraction of sp³-hybridized carbons (Fsp3) is 0.0714. The number of nitrogens with one attached hydrogen (secondary N) is 1. The van der Waals surface area contributed by atoms with Crippen molar-refractivity contribution in [2.24, 2.45) is 5.10 Å². The number of hydrogen-bond acceptors (Lipinski definition) is 4. The Hall–Kier alpha value is -1.53. The summed E-state index contributed by atoms with van der Waals surface area (Å²) >= 11 is 23.9. The standard InChI is InChI=1S/C14H9Cl4N3O2/c1-6(7-4-2-3-5-8(7)15)20-21-11-9(16)12(14(22)23)19-13(18)10(11)17/h2-5H,1H3,(H,19,21)(H,22,23)/b20-6-. The second kappa shape index (κ2) is 7.36. The van der Waals surface area contributed by atoms with Crippen LogP contribution in [0, 0.1) is 0 Å². The molecule has 0 saturated heterocycles. The van der Waals surface area contributed by atoms with Gasteiger partial charge in [-0.1, -0.05) is 64.6 Å². The van der Waals surface area contributed by atoms with Crippen molar-refractivity contribution in [2.75, 3.05) is 5.43 Å². The van der Waals surface area contributed by atoms with Crippen LogP contribution in [0.2, 0.25) is 20.2 Å². The molecule has 5 nitrogen and oxygen atoms in total. The lowest BCUT2D eigenvalue weighted by Gasteiger charge is -2.11. The fourth-order valence-electron chi connectivity index (χ4n) is 1.71. The van der Waals surface area contributed by atoms with Gasteiger partial charge in [-0.15, -0.1) is 0 Å². The number of carboxylic acid groups (broad SMARTS) is 1. The molecule has 1 heterocycles. The van der Waals surface area contributed by atoms with Crippen LogP contribution < -0.4 is 5.43 Å². The largest absolute Gasteiger partial charge is 0.476 e. The number of pyridine rings is 1. The molecule has 0 bridgehead atoms. The van der Waals surface area contributed by atoms with Gasteiger partial charge in [-0.2, -0.15) is 5.10 Å². The average Bonchev–Trinajstić information content (AvgIpc) is 2.50. The van der Waals surface area contributed by atoms with Gasteiger partial charge in [0.05, 0.1) is 11.4 Å². The Morgan fingerprint density at radius 2 is 1.83 bits per heavy atom. The summed E-state index contributed by atoms with van der Waals surface area (Å²) in [7, 11) is 0. The van der Waals surface area contributed by atoms with Crippen molar-refractivity contribution < 1.29 is 9.90 Å². The van der Waals surface area contributed by atoms with E-state index < -0.39 is 11.7 Å². The maximum absolute atomic E-state index is 11.1. The van der Waals surface area contributed by atoms with Gasteiger partial charge in [0.25, 0.3) is 0 Å². The van der Waals surface area contributed by atoms with Gasteiger partial charge in [0.2, 0.25) is 0 Å². The van der Waals surface area contributed by atoms with Crippen LogP contribution in [-0.2, 0) is 0 Å². The molecule has 0 unspecified atom stereocenters. The molecule has 0 atom stereocenters. The molecule has 0 fully saturated rings.